The molecule has 1 aliphatic rings. The number of aromatic nitrogens is 1. The Hall–Kier alpha value is -1.58. The Morgan fingerprint density at radius 1 is 1.35 bits per heavy atom. The smallest absolute Gasteiger partial charge is 0.129 e. The van der Waals surface area contributed by atoms with E-state index in [1.165, 1.54) is 12.8 Å². The van der Waals surface area contributed by atoms with Crippen LogP contribution in [0.5, 0.6) is 5.75 Å². The van der Waals surface area contributed by atoms with E-state index in [0.29, 0.717) is 11.2 Å². The molecule has 0 radical (unpaired) electrons. The van der Waals surface area contributed by atoms with E-state index >= 15 is 0 Å². The number of benzene rings is 1. The maximum absolute atomic E-state index is 6.21. The van der Waals surface area contributed by atoms with E-state index < -0.39 is 0 Å². The molecule has 2 aromatic rings. The number of rotatable bonds is 6. The summed E-state index contributed by atoms with van der Waals surface area (Å²) in [5.74, 6) is 0.879. The fourth-order valence-electron chi connectivity index (χ4n) is 3.32. The lowest BCUT2D eigenvalue weighted by Gasteiger charge is -2.43. The maximum Gasteiger partial charge on any atom is 0.129 e. The van der Waals surface area contributed by atoms with Crippen LogP contribution in [-0.4, -0.2) is 35.1 Å². The van der Waals surface area contributed by atoms with Crippen molar-refractivity contribution in [3.05, 3.63) is 41.7 Å². The van der Waals surface area contributed by atoms with Gasteiger partial charge in [0.2, 0.25) is 0 Å². The van der Waals surface area contributed by atoms with Crippen LogP contribution >= 0.6 is 11.6 Å². The van der Waals surface area contributed by atoms with E-state index in [4.69, 9.17) is 16.3 Å². The maximum atomic E-state index is 6.21. The highest BCUT2D eigenvalue weighted by atomic mass is 35.5. The Morgan fingerprint density at radius 3 is 2.74 bits per heavy atom. The van der Waals surface area contributed by atoms with Crippen molar-refractivity contribution >= 4 is 28.4 Å². The summed E-state index contributed by atoms with van der Waals surface area (Å²) in [7, 11) is 0. The van der Waals surface area contributed by atoms with Gasteiger partial charge in [0.1, 0.15) is 17.0 Å². The van der Waals surface area contributed by atoms with Crippen LogP contribution in [0.25, 0.3) is 16.8 Å². The molecular weight excluding hydrogens is 308 g/mol. The van der Waals surface area contributed by atoms with Crippen molar-refractivity contribution in [2.45, 2.75) is 38.8 Å². The van der Waals surface area contributed by atoms with Crippen LogP contribution in [-0.2, 0) is 0 Å². The van der Waals surface area contributed by atoms with Crippen LogP contribution in [0.3, 0.4) is 0 Å². The van der Waals surface area contributed by atoms with Gasteiger partial charge in [-0.2, -0.15) is 0 Å². The lowest BCUT2D eigenvalue weighted by molar-refractivity contribution is -0.0104. The molecule has 0 aliphatic carbocycles. The SMILES string of the molecule is C=Cc1ccc(OC2CN(C(CC)CC)C2)c2cnc(Cl)cc12. The summed E-state index contributed by atoms with van der Waals surface area (Å²) in [5, 5.41) is 2.52. The van der Waals surface area contributed by atoms with Crippen LogP contribution in [0.1, 0.15) is 32.3 Å². The molecule has 3 rings (SSSR count). The first-order valence-corrected chi connectivity index (χ1v) is 8.65. The normalized spacial score (nSPS) is 15.8. The van der Waals surface area contributed by atoms with E-state index in [-0.39, 0.29) is 6.10 Å². The highest BCUT2D eigenvalue weighted by molar-refractivity contribution is 6.30. The number of hydrogen-bond acceptors (Lipinski definition) is 3. The fraction of sp³-hybridized carbons (Fsp3) is 0.421. The van der Waals surface area contributed by atoms with Gasteiger partial charge in [-0.05, 0) is 35.9 Å². The van der Waals surface area contributed by atoms with E-state index in [1.54, 1.807) is 6.20 Å². The molecule has 2 heterocycles. The molecule has 1 aliphatic heterocycles. The third kappa shape index (κ3) is 3.22. The van der Waals surface area contributed by atoms with Gasteiger partial charge in [0.05, 0.1) is 0 Å². The molecule has 0 saturated carbocycles. The van der Waals surface area contributed by atoms with Gasteiger partial charge in [-0.15, -0.1) is 0 Å². The Morgan fingerprint density at radius 2 is 2.09 bits per heavy atom. The first-order valence-electron chi connectivity index (χ1n) is 8.27. The van der Waals surface area contributed by atoms with Gasteiger partial charge in [0.25, 0.3) is 0 Å². The number of nitrogens with zero attached hydrogens (tertiary/aromatic N) is 2. The first kappa shape index (κ1) is 16.3. The zero-order valence-electron chi connectivity index (χ0n) is 13.8. The van der Waals surface area contributed by atoms with Crippen LogP contribution in [0, 0.1) is 0 Å². The largest absolute Gasteiger partial charge is 0.487 e. The van der Waals surface area contributed by atoms with Gasteiger partial charge in [-0.1, -0.05) is 44.2 Å². The third-order valence-corrected chi connectivity index (χ3v) is 4.92. The van der Waals surface area contributed by atoms with Gasteiger partial charge >= 0.3 is 0 Å². The second kappa shape index (κ2) is 6.90. The molecule has 0 spiro atoms. The summed E-state index contributed by atoms with van der Waals surface area (Å²) in [6.07, 6.45) is 6.27. The van der Waals surface area contributed by atoms with E-state index in [9.17, 15) is 0 Å². The predicted octanol–water partition coefficient (Wildman–Crippen LogP) is 4.78. The van der Waals surface area contributed by atoms with Crippen LogP contribution in [0.15, 0.2) is 31.0 Å². The highest BCUT2D eigenvalue weighted by Crippen LogP contribution is 2.32. The molecule has 1 aromatic carbocycles. The standard InChI is InChI=1S/C19H23ClN2O/c1-4-13-7-8-18(17-10-21-19(20)9-16(13)17)23-15-11-22(12-15)14(5-2)6-3/h4,7-10,14-15H,1,5-6,11-12H2,2-3H3. The lowest BCUT2D eigenvalue weighted by Crippen LogP contribution is -2.57. The molecule has 1 fully saturated rings. The molecule has 0 unspecified atom stereocenters. The summed E-state index contributed by atoms with van der Waals surface area (Å²) in [5.41, 5.74) is 1.05. The average molecular weight is 331 g/mol. The summed E-state index contributed by atoms with van der Waals surface area (Å²) >= 11 is 6.04. The average Bonchev–Trinajstić information content (AvgIpc) is 2.53. The molecule has 3 nitrogen and oxygen atoms in total. The number of likely N-dealkylation sites (tertiary alicyclic amines) is 1. The van der Waals surface area contributed by atoms with Crippen molar-refractivity contribution in [2.24, 2.45) is 0 Å². The van der Waals surface area contributed by atoms with E-state index in [2.05, 4.69) is 30.3 Å². The van der Waals surface area contributed by atoms with Crippen LogP contribution in [0.4, 0.5) is 0 Å². The van der Waals surface area contributed by atoms with Gasteiger partial charge in [0.15, 0.2) is 0 Å². The molecule has 122 valence electrons. The van der Waals surface area contributed by atoms with Gasteiger partial charge < -0.3 is 4.74 Å². The Balaban J connectivity index is 1.79. The number of ether oxygens (including phenoxy) is 1. The van der Waals surface area contributed by atoms with Gasteiger partial charge in [-0.3, -0.25) is 4.90 Å². The Labute approximate surface area is 142 Å². The second-order valence-electron chi connectivity index (χ2n) is 6.07. The zero-order chi connectivity index (χ0) is 16.4. The summed E-state index contributed by atoms with van der Waals surface area (Å²) in [6.45, 7) is 10.4. The molecule has 1 saturated heterocycles. The quantitative estimate of drug-likeness (QED) is 0.712. The monoisotopic (exact) mass is 330 g/mol. The predicted molar refractivity (Wildman–Crippen MR) is 97.2 cm³/mol. The molecule has 0 N–H and O–H groups in total. The summed E-state index contributed by atoms with van der Waals surface area (Å²) < 4.78 is 6.21. The van der Waals surface area contributed by atoms with Crippen molar-refractivity contribution in [2.75, 3.05) is 13.1 Å². The summed E-state index contributed by atoms with van der Waals surface area (Å²) in [4.78, 5) is 6.71. The van der Waals surface area contributed by atoms with Crippen molar-refractivity contribution in [1.82, 2.24) is 9.88 Å². The molecule has 0 amide bonds. The van der Waals surface area contributed by atoms with Crippen molar-refractivity contribution in [1.29, 1.82) is 0 Å². The molecule has 4 heteroatoms. The van der Waals surface area contributed by atoms with E-state index in [1.807, 2.05) is 24.3 Å². The van der Waals surface area contributed by atoms with Crippen molar-refractivity contribution in [3.63, 3.8) is 0 Å². The van der Waals surface area contributed by atoms with Crippen molar-refractivity contribution < 1.29 is 4.74 Å². The lowest BCUT2D eigenvalue weighted by atomic mass is 10.0. The van der Waals surface area contributed by atoms with Gasteiger partial charge in [0, 0.05) is 30.7 Å². The molecular formula is C19H23ClN2O. The third-order valence-electron chi connectivity index (χ3n) is 4.71. The number of hydrogen-bond donors (Lipinski definition) is 0. The molecule has 0 atom stereocenters. The number of pyridine rings is 1. The fourth-order valence-corrected chi connectivity index (χ4v) is 3.48. The Bertz CT molecular complexity index is 706. The minimum absolute atomic E-state index is 0.254. The minimum Gasteiger partial charge on any atom is -0.487 e. The first-order chi connectivity index (χ1) is 11.2. The van der Waals surface area contributed by atoms with E-state index in [0.717, 1.165) is 35.2 Å². The minimum atomic E-state index is 0.254. The molecule has 1 aromatic heterocycles. The van der Waals surface area contributed by atoms with Gasteiger partial charge in [-0.25, -0.2) is 4.98 Å². The highest BCUT2D eigenvalue weighted by Gasteiger charge is 2.32. The number of fused-ring (bicyclic) bond motifs is 1. The topological polar surface area (TPSA) is 25.4 Å². The second-order valence-corrected chi connectivity index (χ2v) is 6.46. The molecule has 0 bridgehead atoms. The molecule has 23 heavy (non-hydrogen) atoms. The van der Waals surface area contributed by atoms with Crippen LogP contribution in [0.2, 0.25) is 5.15 Å². The van der Waals surface area contributed by atoms with Crippen molar-refractivity contribution in [3.8, 4) is 5.75 Å². The number of halogens is 1. The summed E-state index contributed by atoms with van der Waals surface area (Å²) in [6, 6.07) is 6.58. The Kier molecular flexibility index (Phi) is 4.88. The zero-order valence-corrected chi connectivity index (χ0v) is 14.5. The van der Waals surface area contributed by atoms with Crippen LogP contribution < -0.4 is 4.74 Å².